The van der Waals surface area contributed by atoms with Gasteiger partial charge in [0.2, 0.25) is 0 Å². The Kier molecular flexibility index (Phi) is 6.79. The molecule has 3 aromatic rings. The molecule has 0 bridgehead atoms. The van der Waals surface area contributed by atoms with Crippen molar-refractivity contribution in [1.82, 2.24) is 0 Å². The van der Waals surface area contributed by atoms with E-state index in [1.165, 1.54) is 15.9 Å². The third kappa shape index (κ3) is 3.61. The zero-order valence-corrected chi connectivity index (χ0v) is 15.5. The van der Waals surface area contributed by atoms with Crippen molar-refractivity contribution < 1.29 is 12.4 Å². The van der Waals surface area contributed by atoms with Crippen molar-refractivity contribution in [2.45, 2.75) is 6.92 Å². The molecule has 2 heteroatoms. The van der Waals surface area contributed by atoms with Crippen LogP contribution in [0, 0.1) is 0 Å². The van der Waals surface area contributed by atoms with Crippen molar-refractivity contribution in [2.75, 3.05) is 6.16 Å². The number of benzene rings is 3. The average molecular weight is 353 g/mol. The molecule has 0 aromatic heterocycles. The SMILES string of the molecule is CC=CC[P+](c1ccccc1)(c1ccccc1)c1ccccc1.[Cl-]. The van der Waals surface area contributed by atoms with Crippen LogP contribution in [0.15, 0.2) is 103 Å². The van der Waals surface area contributed by atoms with Gasteiger partial charge in [-0.3, -0.25) is 0 Å². The van der Waals surface area contributed by atoms with Crippen molar-refractivity contribution >= 4 is 23.2 Å². The molecule has 0 nitrogen and oxygen atoms in total. The standard InChI is InChI=1S/C22H22P.ClH/c1-2-3-19-23(20-13-7-4-8-14-20,21-15-9-5-10-16-21)22-17-11-6-12-18-22;/h2-18H,19H2,1H3;1H/q+1;/p-1. The molecule has 0 N–H and O–H groups in total. The second kappa shape index (κ2) is 8.83. The third-order valence-electron chi connectivity index (χ3n) is 4.21. The maximum atomic E-state index is 2.32. The van der Waals surface area contributed by atoms with Crippen LogP contribution >= 0.6 is 7.26 Å². The number of halogens is 1. The van der Waals surface area contributed by atoms with Crippen LogP contribution in [0.1, 0.15) is 6.92 Å². The monoisotopic (exact) mass is 352 g/mol. The number of hydrogen-bond donors (Lipinski definition) is 0. The first-order valence-corrected chi connectivity index (χ1v) is 10.0. The van der Waals surface area contributed by atoms with E-state index < -0.39 is 7.26 Å². The Bertz CT molecular complexity index is 655. The summed E-state index contributed by atoms with van der Waals surface area (Å²) in [4.78, 5) is 0. The van der Waals surface area contributed by atoms with E-state index in [1.807, 2.05) is 0 Å². The summed E-state index contributed by atoms with van der Waals surface area (Å²) in [5.74, 6) is 0. The first-order chi connectivity index (χ1) is 11.4. The van der Waals surface area contributed by atoms with Crippen molar-refractivity contribution in [3.8, 4) is 0 Å². The van der Waals surface area contributed by atoms with Crippen LogP contribution in [-0.2, 0) is 0 Å². The number of allylic oxidation sites excluding steroid dienone is 2. The van der Waals surface area contributed by atoms with Crippen LogP contribution in [0.2, 0.25) is 0 Å². The molecule has 0 saturated carbocycles. The minimum absolute atomic E-state index is 0. The maximum Gasteiger partial charge on any atom is 0.115 e. The van der Waals surface area contributed by atoms with Gasteiger partial charge in [0.05, 0.1) is 6.16 Å². The summed E-state index contributed by atoms with van der Waals surface area (Å²) in [5, 5.41) is 4.32. The summed E-state index contributed by atoms with van der Waals surface area (Å²) in [7, 11) is -1.66. The first-order valence-electron chi connectivity index (χ1n) is 8.04. The lowest BCUT2D eigenvalue weighted by Gasteiger charge is -2.26. The predicted molar refractivity (Wildman–Crippen MR) is 105 cm³/mol. The molecule has 24 heavy (non-hydrogen) atoms. The molecule has 0 fully saturated rings. The summed E-state index contributed by atoms with van der Waals surface area (Å²) in [6.45, 7) is 2.11. The molecule has 0 aliphatic rings. The molecule has 0 aliphatic heterocycles. The van der Waals surface area contributed by atoms with Gasteiger partial charge in [-0.15, -0.1) is 0 Å². The molecule has 122 valence electrons. The summed E-state index contributed by atoms with van der Waals surface area (Å²) < 4.78 is 0. The van der Waals surface area contributed by atoms with Crippen molar-refractivity contribution in [3.05, 3.63) is 103 Å². The summed E-state index contributed by atoms with van der Waals surface area (Å²) in [5.41, 5.74) is 0. The lowest BCUT2D eigenvalue weighted by Crippen LogP contribution is -3.00. The van der Waals surface area contributed by atoms with Gasteiger partial charge in [0.25, 0.3) is 0 Å². The van der Waals surface area contributed by atoms with E-state index in [2.05, 4.69) is 110 Å². The maximum absolute atomic E-state index is 2.32. The summed E-state index contributed by atoms with van der Waals surface area (Å²) in [6, 6.07) is 33.0. The zero-order chi connectivity index (χ0) is 16.0. The van der Waals surface area contributed by atoms with Crippen LogP contribution in [0.4, 0.5) is 0 Å². The van der Waals surface area contributed by atoms with Gasteiger partial charge in [0.15, 0.2) is 0 Å². The minimum Gasteiger partial charge on any atom is -1.00 e. The first kappa shape index (κ1) is 18.5. The molecule has 0 aliphatic carbocycles. The van der Waals surface area contributed by atoms with E-state index in [9.17, 15) is 0 Å². The quantitative estimate of drug-likeness (QED) is 0.483. The highest BCUT2D eigenvalue weighted by Crippen LogP contribution is 2.55. The number of hydrogen-bond acceptors (Lipinski definition) is 0. The van der Waals surface area contributed by atoms with Gasteiger partial charge < -0.3 is 12.4 Å². The van der Waals surface area contributed by atoms with Crippen LogP contribution in [0.25, 0.3) is 0 Å². The normalized spacial score (nSPS) is 11.2. The smallest absolute Gasteiger partial charge is 0.115 e. The molecule has 0 heterocycles. The topological polar surface area (TPSA) is 0 Å². The van der Waals surface area contributed by atoms with Gasteiger partial charge in [0, 0.05) is 0 Å². The molecule has 3 aromatic carbocycles. The van der Waals surface area contributed by atoms with E-state index in [0.717, 1.165) is 6.16 Å². The predicted octanol–water partition coefficient (Wildman–Crippen LogP) is 1.56. The van der Waals surface area contributed by atoms with Gasteiger partial charge in [-0.05, 0) is 43.3 Å². The lowest BCUT2D eigenvalue weighted by molar-refractivity contribution is -0.00000450. The molecular weight excluding hydrogens is 331 g/mol. The summed E-state index contributed by atoms with van der Waals surface area (Å²) in [6.07, 6.45) is 5.55. The van der Waals surface area contributed by atoms with Gasteiger partial charge >= 0.3 is 0 Å². The van der Waals surface area contributed by atoms with Gasteiger partial charge in [-0.2, -0.15) is 0 Å². The van der Waals surface area contributed by atoms with Gasteiger partial charge in [-0.1, -0.05) is 66.7 Å². The fourth-order valence-electron chi connectivity index (χ4n) is 3.07. The van der Waals surface area contributed by atoms with Crippen LogP contribution in [0.5, 0.6) is 0 Å². The molecule has 0 spiro atoms. The average Bonchev–Trinajstić information content (AvgIpc) is 2.65. The zero-order valence-electron chi connectivity index (χ0n) is 13.8. The summed E-state index contributed by atoms with van der Waals surface area (Å²) >= 11 is 0. The second-order valence-corrected chi connectivity index (χ2v) is 9.10. The Morgan fingerprint density at radius 2 is 0.958 bits per heavy atom. The van der Waals surface area contributed by atoms with Gasteiger partial charge in [0.1, 0.15) is 23.2 Å². The van der Waals surface area contributed by atoms with E-state index in [4.69, 9.17) is 0 Å². The van der Waals surface area contributed by atoms with Crippen LogP contribution in [-0.4, -0.2) is 6.16 Å². The van der Waals surface area contributed by atoms with Crippen molar-refractivity contribution in [1.29, 1.82) is 0 Å². The highest BCUT2D eigenvalue weighted by atomic mass is 35.5. The molecule has 0 unspecified atom stereocenters. The van der Waals surface area contributed by atoms with E-state index in [1.54, 1.807) is 0 Å². The molecule has 0 atom stereocenters. The Labute approximate surface area is 152 Å². The minimum atomic E-state index is -1.66. The van der Waals surface area contributed by atoms with Crippen LogP contribution < -0.4 is 28.3 Å². The van der Waals surface area contributed by atoms with Crippen molar-refractivity contribution in [2.24, 2.45) is 0 Å². The molecule has 0 saturated heterocycles. The van der Waals surface area contributed by atoms with E-state index >= 15 is 0 Å². The Morgan fingerprint density at radius 3 is 1.25 bits per heavy atom. The third-order valence-corrected chi connectivity index (χ3v) is 8.50. The van der Waals surface area contributed by atoms with Crippen molar-refractivity contribution in [3.63, 3.8) is 0 Å². The van der Waals surface area contributed by atoms with Crippen LogP contribution in [0.3, 0.4) is 0 Å². The van der Waals surface area contributed by atoms with E-state index in [-0.39, 0.29) is 12.4 Å². The largest absolute Gasteiger partial charge is 1.00 e. The number of rotatable bonds is 5. The Hall–Kier alpha value is -1.88. The Balaban J connectivity index is 0.00000208. The fraction of sp³-hybridized carbons (Fsp3) is 0.0909. The highest BCUT2D eigenvalue weighted by Gasteiger charge is 2.43. The molecule has 3 rings (SSSR count). The molecule has 0 amide bonds. The molecular formula is C22H22ClP. The highest BCUT2D eigenvalue weighted by molar-refractivity contribution is 7.95. The van der Waals surface area contributed by atoms with Gasteiger partial charge in [-0.25, -0.2) is 0 Å². The Morgan fingerprint density at radius 1 is 0.625 bits per heavy atom. The van der Waals surface area contributed by atoms with E-state index in [0.29, 0.717) is 0 Å². The lowest BCUT2D eigenvalue weighted by atomic mass is 10.4. The second-order valence-electron chi connectivity index (χ2n) is 5.57. The molecule has 0 radical (unpaired) electrons. The fourth-order valence-corrected chi connectivity index (χ4v) is 7.17.